The molecule has 0 amide bonds. The Bertz CT molecular complexity index is 385. The van der Waals surface area contributed by atoms with E-state index in [-0.39, 0.29) is 6.61 Å². The summed E-state index contributed by atoms with van der Waals surface area (Å²) in [6.45, 7) is 8.37. The average molecular weight is 391 g/mol. The highest BCUT2D eigenvalue weighted by Gasteiger charge is 2.29. The van der Waals surface area contributed by atoms with Crippen LogP contribution in [0.3, 0.4) is 0 Å². The maximum absolute atomic E-state index is 9.76. The number of rotatable bonds is 16. The first-order valence-electron chi connectivity index (χ1n) is 10.3. The minimum absolute atomic E-state index is 0.160. The number of ether oxygens (including phenoxy) is 1. The first-order valence-corrected chi connectivity index (χ1v) is 10.3. The van der Waals surface area contributed by atoms with Gasteiger partial charge in [-0.05, 0) is 31.6 Å². The third-order valence-electron chi connectivity index (χ3n) is 4.91. The molecule has 0 aliphatic carbocycles. The normalized spacial score (nSPS) is 18.4. The number of allylic oxidation sites excluding steroid dienone is 1. The molecule has 0 aliphatic rings. The maximum Gasteiger partial charge on any atom is 0.111 e. The van der Waals surface area contributed by atoms with Crippen LogP contribution in [0.25, 0.3) is 0 Å². The van der Waals surface area contributed by atoms with Crippen molar-refractivity contribution in [3.05, 3.63) is 11.6 Å². The lowest BCUT2D eigenvalue weighted by Gasteiger charge is -2.25. The van der Waals surface area contributed by atoms with Crippen molar-refractivity contribution in [2.24, 2.45) is 11.8 Å². The molecule has 0 spiro atoms. The van der Waals surface area contributed by atoms with Crippen molar-refractivity contribution in [2.45, 2.75) is 90.6 Å². The first kappa shape index (κ1) is 26.5. The minimum atomic E-state index is -1.62. The molecule has 0 aliphatic heterocycles. The van der Waals surface area contributed by atoms with Gasteiger partial charge in [-0.1, -0.05) is 58.1 Å². The molecule has 0 bridgehead atoms. The molecule has 0 aromatic carbocycles. The molecule has 0 fully saturated rings. The molecule has 1 unspecified atom stereocenters. The van der Waals surface area contributed by atoms with Gasteiger partial charge in [-0.25, -0.2) is 0 Å². The van der Waals surface area contributed by atoms with E-state index in [1.165, 1.54) is 31.3 Å². The second-order valence-electron chi connectivity index (χ2n) is 8.21. The zero-order chi connectivity index (χ0) is 20.8. The number of hydrogen-bond acceptors (Lipinski definition) is 6. The monoisotopic (exact) mass is 390 g/mol. The summed E-state index contributed by atoms with van der Waals surface area (Å²) in [5, 5.41) is 47.0. The third kappa shape index (κ3) is 13.3. The zero-order valence-corrected chi connectivity index (χ0v) is 17.5. The summed E-state index contributed by atoms with van der Waals surface area (Å²) in [5.74, 6) is 1.54. The lowest BCUT2D eigenvalue weighted by molar-refractivity contribution is -0.127. The summed E-state index contributed by atoms with van der Waals surface area (Å²) in [4.78, 5) is 0. The lowest BCUT2D eigenvalue weighted by atomic mass is 9.94. The molecule has 162 valence electrons. The van der Waals surface area contributed by atoms with Gasteiger partial charge in [-0.15, -0.1) is 0 Å². The van der Waals surface area contributed by atoms with E-state index in [1.54, 1.807) is 0 Å². The first-order chi connectivity index (χ1) is 12.7. The Kier molecular flexibility index (Phi) is 15.1. The standard InChI is InChI=1S/C21H42O6/c1-15(2)7-5-8-16(3)9-6-10-17(4)11-12-27-14-19(24)21(26)20(25)18(23)13-22/h11,15-16,18-26H,5-10,12-14H2,1-4H3/t16?,18-,19+,20-,21-/m1/s1. The van der Waals surface area contributed by atoms with Gasteiger partial charge in [0.25, 0.3) is 0 Å². The summed E-state index contributed by atoms with van der Waals surface area (Å²) in [6, 6.07) is 0. The van der Waals surface area contributed by atoms with Crippen molar-refractivity contribution in [1.29, 1.82) is 0 Å². The van der Waals surface area contributed by atoms with Crippen molar-refractivity contribution >= 4 is 0 Å². The molecule has 5 N–H and O–H groups in total. The second kappa shape index (κ2) is 15.4. The lowest BCUT2D eigenvalue weighted by Crippen LogP contribution is -2.47. The van der Waals surface area contributed by atoms with Gasteiger partial charge in [0.1, 0.15) is 24.4 Å². The predicted molar refractivity (Wildman–Crippen MR) is 107 cm³/mol. The van der Waals surface area contributed by atoms with Crippen LogP contribution in [0.5, 0.6) is 0 Å². The number of aliphatic hydroxyl groups excluding tert-OH is 5. The molecule has 5 atom stereocenters. The smallest absolute Gasteiger partial charge is 0.111 e. The van der Waals surface area contributed by atoms with Gasteiger partial charge in [0.2, 0.25) is 0 Å². The fourth-order valence-corrected chi connectivity index (χ4v) is 2.90. The van der Waals surface area contributed by atoms with E-state index >= 15 is 0 Å². The molecule has 0 saturated heterocycles. The van der Waals surface area contributed by atoms with Crippen LogP contribution in [0.4, 0.5) is 0 Å². The molecule has 0 rings (SSSR count). The molecule has 0 heterocycles. The summed E-state index contributed by atoms with van der Waals surface area (Å²) in [6.07, 6.45) is 3.23. The van der Waals surface area contributed by atoms with Crippen molar-refractivity contribution in [1.82, 2.24) is 0 Å². The number of hydrogen-bond donors (Lipinski definition) is 5. The van der Waals surface area contributed by atoms with Crippen LogP contribution in [-0.4, -0.2) is 69.8 Å². The van der Waals surface area contributed by atoms with E-state index < -0.39 is 31.0 Å². The van der Waals surface area contributed by atoms with Gasteiger partial charge < -0.3 is 30.3 Å². The topological polar surface area (TPSA) is 110 Å². The van der Waals surface area contributed by atoms with Gasteiger partial charge in [0, 0.05) is 0 Å². The van der Waals surface area contributed by atoms with Gasteiger partial charge in [-0.2, -0.15) is 0 Å². The van der Waals surface area contributed by atoms with Crippen LogP contribution in [0.15, 0.2) is 11.6 Å². The SMILES string of the molecule is CC(=CCOC[C@H](O)[C@@H](O)[C@H](O)[C@H](O)CO)CCCC(C)CCCC(C)C. The molecule has 27 heavy (non-hydrogen) atoms. The molecular formula is C21H42O6. The van der Waals surface area contributed by atoms with Gasteiger partial charge in [-0.3, -0.25) is 0 Å². The Balaban J connectivity index is 3.89. The van der Waals surface area contributed by atoms with Gasteiger partial charge in [0.05, 0.1) is 19.8 Å². The molecule has 0 saturated carbocycles. The van der Waals surface area contributed by atoms with Crippen LogP contribution in [0.2, 0.25) is 0 Å². The summed E-state index contributed by atoms with van der Waals surface area (Å²) < 4.78 is 5.31. The number of aliphatic hydroxyl groups is 5. The van der Waals surface area contributed by atoms with Crippen LogP contribution in [0.1, 0.15) is 66.2 Å². The fraction of sp³-hybridized carbons (Fsp3) is 0.905. The van der Waals surface area contributed by atoms with Crippen molar-refractivity contribution in [3.8, 4) is 0 Å². The Morgan fingerprint density at radius 1 is 0.889 bits per heavy atom. The van der Waals surface area contributed by atoms with Crippen LogP contribution in [-0.2, 0) is 4.74 Å². The van der Waals surface area contributed by atoms with Crippen LogP contribution in [0, 0.1) is 11.8 Å². The van der Waals surface area contributed by atoms with Gasteiger partial charge in [0.15, 0.2) is 0 Å². The molecule has 6 heteroatoms. The molecule has 0 aromatic rings. The molecular weight excluding hydrogens is 348 g/mol. The Labute approximate surface area is 164 Å². The van der Waals surface area contributed by atoms with E-state index in [0.29, 0.717) is 6.61 Å². The maximum atomic E-state index is 9.76. The summed E-state index contributed by atoms with van der Waals surface area (Å²) >= 11 is 0. The average Bonchev–Trinajstić information content (AvgIpc) is 2.62. The van der Waals surface area contributed by atoms with E-state index in [1.807, 2.05) is 6.08 Å². The Morgan fingerprint density at radius 3 is 2.07 bits per heavy atom. The summed E-state index contributed by atoms with van der Waals surface area (Å²) in [5.41, 5.74) is 1.23. The molecule has 6 nitrogen and oxygen atoms in total. The van der Waals surface area contributed by atoms with E-state index in [9.17, 15) is 20.4 Å². The van der Waals surface area contributed by atoms with Crippen molar-refractivity contribution in [2.75, 3.05) is 19.8 Å². The van der Waals surface area contributed by atoms with Crippen molar-refractivity contribution in [3.63, 3.8) is 0 Å². The predicted octanol–water partition coefficient (Wildman–Crippen LogP) is 2.02. The Hall–Kier alpha value is -0.500. The van der Waals surface area contributed by atoms with Crippen LogP contribution < -0.4 is 0 Å². The third-order valence-corrected chi connectivity index (χ3v) is 4.91. The van der Waals surface area contributed by atoms with E-state index in [0.717, 1.165) is 24.7 Å². The second-order valence-corrected chi connectivity index (χ2v) is 8.21. The largest absolute Gasteiger partial charge is 0.394 e. The quantitative estimate of drug-likeness (QED) is 0.204. The summed E-state index contributed by atoms with van der Waals surface area (Å²) in [7, 11) is 0. The minimum Gasteiger partial charge on any atom is -0.394 e. The van der Waals surface area contributed by atoms with Gasteiger partial charge >= 0.3 is 0 Å². The zero-order valence-electron chi connectivity index (χ0n) is 17.5. The van der Waals surface area contributed by atoms with E-state index in [4.69, 9.17) is 9.84 Å². The van der Waals surface area contributed by atoms with Crippen LogP contribution >= 0.6 is 0 Å². The molecule has 0 radical (unpaired) electrons. The van der Waals surface area contributed by atoms with E-state index in [2.05, 4.69) is 27.7 Å². The van der Waals surface area contributed by atoms with Crippen molar-refractivity contribution < 1.29 is 30.3 Å². The highest BCUT2D eigenvalue weighted by Crippen LogP contribution is 2.19. The highest BCUT2D eigenvalue weighted by atomic mass is 16.5. The Morgan fingerprint density at radius 2 is 1.48 bits per heavy atom. The highest BCUT2D eigenvalue weighted by molar-refractivity contribution is 4.97. The fourth-order valence-electron chi connectivity index (χ4n) is 2.90. The molecule has 0 aromatic heterocycles.